The second kappa shape index (κ2) is 6.17. The number of carbonyl (C=O) groups excluding carboxylic acids is 1. The molecule has 0 spiro atoms. The molecular formula is C15H17Cl2NOS. The van der Waals surface area contributed by atoms with Crippen LogP contribution in [0.15, 0.2) is 18.2 Å². The maximum absolute atomic E-state index is 12.5. The van der Waals surface area contributed by atoms with Gasteiger partial charge >= 0.3 is 0 Å². The van der Waals surface area contributed by atoms with Crippen molar-refractivity contribution >= 4 is 40.9 Å². The summed E-state index contributed by atoms with van der Waals surface area (Å²) in [6.07, 6.45) is 2.01. The Balaban J connectivity index is 1.69. The summed E-state index contributed by atoms with van der Waals surface area (Å²) >= 11 is 14.2. The van der Waals surface area contributed by atoms with E-state index in [1.807, 2.05) is 28.8 Å². The summed E-state index contributed by atoms with van der Waals surface area (Å²) < 4.78 is 0. The number of thioether (sulfide) groups is 1. The summed E-state index contributed by atoms with van der Waals surface area (Å²) in [4.78, 5) is 14.6. The summed E-state index contributed by atoms with van der Waals surface area (Å²) in [6.45, 7) is 1.79. The van der Waals surface area contributed by atoms with Gasteiger partial charge in [-0.05, 0) is 36.1 Å². The lowest BCUT2D eigenvalue weighted by Gasteiger charge is -2.20. The minimum atomic E-state index is 0.106. The molecule has 108 valence electrons. The molecule has 2 atom stereocenters. The summed E-state index contributed by atoms with van der Waals surface area (Å²) in [7, 11) is 0. The van der Waals surface area contributed by atoms with Gasteiger partial charge in [0.2, 0.25) is 5.91 Å². The van der Waals surface area contributed by atoms with Crippen LogP contribution in [0, 0.1) is 5.92 Å². The molecule has 2 nitrogen and oxygen atoms in total. The Labute approximate surface area is 133 Å². The maximum atomic E-state index is 12.5. The quantitative estimate of drug-likeness (QED) is 0.815. The molecule has 1 heterocycles. The number of benzene rings is 1. The minimum absolute atomic E-state index is 0.106. The Morgan fingerprint density at radius 1 is 1.25 bits per heavy atom. The van der Waals surface area contributed by atoms with Crippen molar-refractivity contribution in [2.24, 2.45) is 5.92 Å². The first-order valence-electron chi connectivity index (χ1n) is 6.99. The molecule has 1 saturated heterocycles. The molecule has 1 aliphatic heterocycles. The molecule has 0 radical (unpaired) electrons. The number of hydrogen-bond donors (Lipinski definition) is 0. The number of hydrogen-bond acceptors (Lipinski definition) is 2. The van der Waals surface area contributed by atoms with E-state index in [2.05, 4.69) is 0 Å². The van der Waals surface area contributed by atoms with E-state index in [0.717, 1.165) is 43.0 Å². The van der Waals surface area contributed by atoms with Gasteiger partial charge in [0.1, 0.15) is 0 Å². The van der Waals surface area contributed by atoms with Crippen molar-refractivity contribution in [1.82, 2.24) is 4.90 Å². The normalized spacial score (nSPS) is 26.2. The van der Waals surface area contributed by atoms with Crippen LogP contribution in [-0.4, -0.2) is 35.4 Å². The summed E-state index contributed by atoms with van der Waals surface area (Å²) in [5, 5.41) is 1.19. The lowest BCUT2D eigenvalue weighted by molar-refractivity contribution is -0.132. The highest BCUT2D eigenvalue weighted by molar-refractivity contribution is 7.99. The van der Waals surface area contributed by atoms with Gasteiger partial charge in [0.15, 0.2) is 0 Å². The third-order valence-corrected chi connectivity index (χ3v) is 5.90. The molecule has 0 N–H and O–H groups in total. The van der Waals surface area contributed by atoms with E-state index in [4.69, 9.17) is 23.2 Å². The van der Waals surface area contributed by atoms with Gasteiger partial charge in [0, 0.05) is 24.8 Å². The fourth-order valence-electron chi connectivity index (χ4n) is 2.82. The molecule has 2 fully saturated rings. The smallest absolute Gasteiger partial charge is 0.226 e. The van der Waals surface area contributed by atoms with Crippen LogP contribution in [0.3, 0.4) is 0 Å². The Kier molecular flexibility index (Phi) is 4.49. The number of nitrogens with zero attached hydrogens (tertiary/aromatic N) is 1. The maximum Gasteiger partial charge on any atom is 0.226 e. The molecule has 2 aliphatic rings. The molecule has 1 aromatic rings. The third-order valence-electron chi connectivity index (χ3n) is 4.02. The van der Waals surface area contributed by atoms with Crippen LogP contribution in [0.2, 0.25) is 10.0 Å². The Morgan fingerprint density at radius 3 is 2.95 bits per heavy atom. The van der Waals surface area contributed by atoms with Crippen LogP contribution in [0.5, 0.6) is 0 Å². The van der Waals surface area contributed by atoms with E-state index >= 15 is 0 Å². The van der Waals surface area contributed by atoms with E-state index in [0.29, 0.717) is 16.0 Å². The van der Waals surface area contributed by atoms with Crippen molar-refractivity contribution in [3.63, 3.8) is 0 Å². The molecular weight excluding hydrogens is 313 g/mol. The topological polar surface area (TPSA) is 20.3 Å². The van der Waals surface area contributed by atoms with Gasteiger partial charge in [-0.15, -0.1) is 0 Å². The first kappa shape index (κ1) is 14.6. The van der Waals surface area contributed by atoms with Gasteiger partial charge in [-0.2, -0.15) is 11.8 Å². The monoisotopic (exact) mass is 329 g/mol. The summed E-state index contributed by atoms with van der Waals surface area (Å²) in [6, 6.07) is 5.69. The van der Waals surface area contributed by atoms with Gasteiger partial charge in [-0.3, -0.25) is 4.79 Å². The van der Waals surface area contributed by atoms with E-state index < -0.39 is 0 Å². The number of amides is 1. The van der Waals surface area contributed by atoms with Gasteiger partial charge in [0.05, 0.1) is 10.0 Å². The number of halogens is 2. The van der Waals surface area contributed by atoms with Crippen LogP contribution in [-0.2, 0) is 4.79 Å². The number of rotatable bonds is 2. The first-order chi connectivity index (χ1) is 9.68. The number of carbonyl (C=O) groups is 1. The van der Waals surface area contributed by atoms with Crippen LogP contribution in [0.1, 0.15) is 24.3 Å². The second-order valence-corrected chi connectivity index (χ2v) is 7.39. The lowest BCUT2D eigenvalue weighted by atomic mass is 10.1. The molecule has 1 amide bonds. The highest BCUT2D eigenvalue weighted by Crippen LogP contribution is 2.51. The Bertz CT molecular complexity index is 515. The van der Waals surface area contributed by atoms with Crippen molar-refractivity contribution < 1.29 is 4.79 Å². The standard InChI is InChI=1S/C15H17Cl2NOS/c16-13-4-1-3-10(14(13)17)11-9-12(11)15(19)18-5-2-7-20-8-6-18/h1,3-4,11-12H,2,5-9H2. The average Bonchev–Trinajstić information content (AvgIpc) is 3.24. The van der Waals surface area contributed by atoms with E-state index in [-0.39, 0.29) is 11.8 Å². The predicted molar refractivity (Wildman–Crippen MR) is 85.8 cm³/mol. The first-order valence-corrected chi connectivity index (χ1v) is 8.90. The van der Waals surface area contributed by atoms with E-state index in [9.17, 15) is 4.79 Å². The molecule has 3 rings (SSSR count). The average molecular weight is 330 g/mol. The van der Waals surface area contributed by atoms with Gasteiger partial charge in [0.25, 0.3) is 0 Å². The minimum Gasteiger partial charge on any atom is -0.342 e. The molecule has 0 aromatic heterocycles. The fourth-order valence-corrected chi connectivity index (χ4v) is 4.15. The van der Waals surface area contributed by atoms with Crippen molar-refractivity contribution in [1.29, 1.82) is 0 Å². The SMILES string of the molecule is O=C(C1CC1c1cccc(Cl)c1Cl)N1CCCSCC1. The zero-order valence-electron chi connectivity index (χ0n) is 11.1. The largest absolute Gasteiger partial charge is 0.342 e. The molecule has 1 saturated carbocycles. The second-order valence-electron chi connectivity index (χ2n) is 5.38. The molecule has 5 heteroatoms. The zero-order chi connectivity index (χ0) is 14.1. The van der Waals surface area contributed by atoms with Crippen molar-refractivity contribution in [2.75, 3.05) is 24.6 Å². The molecule has 1 aromatic carbocycles. The predicted octanol–water partition coefficient (Wildman–Crippen LogP) is 4.06. The van der Waals surface area contributed by atoms with Crippen LogP contribution in [0.4, 0.5) is 0 Å². The molecule has 0 bridgehead atoms. The molecule has 2 unspecified atom stereocenters. The Hall–Kier alpha value is -0.380. The third kappa shape index (κ3) is 2.95. The molecule has 1 aliphatic carbocycles. The van der Waals surface area contributed by atoms with Gasteiger partial charge < -0.3 is 4.90 Å². The van der Waals surface area contributed by atoms with E-state index in [1.54, 1.807) is 6.07 Å². The highest BCUT2D eigenvalue weighted by Gasteiger charge is 2.46. The van der Waals surface area contributed by atoms with Crippen molar-refractivity contribution in [3.8, 4) is 0 Å². The zero-order valence-corrected chi connectivity index (χ0v) is 13.5. The van der Waals surface area contributed by atoms with Crippen LogP contribution in [0.25, 0.3) is 0 Å². The highest BCUT2D eigenvalue weighted by atomic mass is 35.5. The summed E-state index contributed by atoms with van der Waals surface area (Å²) in [5.41, 5.74) is 1.03. The lowest BCUT2D eigenvalue weighted by Crippen LogP contribution is -2.34. The summed E-state index contributed by atoms with van der Waals surface area (Å²) in [5.74, 6) is 2.88. The Morgan fingerprint density at radius 2 is 2.10 bits per heavy atom. The molecule has 20 heavy (non-hydrogen) atoms. The van der Waals surface area contributed by atoms with Crippen LogP contribution >= 0.6 is 35.0 Å². The fraction of sp³-hybridized carbons (Fsp3) is 0.533. The van der Waals surface area contributed by atoms with Gasteiger partial charge in [-0.25, -0.2) is 0 Å². The van der Waals surface area contributed by atoms with Crippen molar-refractivity contribution in [3.05, 3.63) is 33.8 Å². The van der Waals surface area contributed by atoms with Crippen LogP contribution < -0.4 is 0 Å². The van der Waals surface area contributed by atoms with E-state index in [1.165, 1.54) is 0 Å². The van der Waals surface area contributed by atoms with Gasteiger partial charge in [-0.1, -0.05) is 35.3 Å². The van der Waals surface area contributed by atoms with Crippen molar-refractivity contribution in [2.45, 2.75) is 18.8 Å².